The van der Waals surface area contributed by atoms with Crippen LogP contribution in [0.25, 0.3) is 0 Å². The lowest BCUT2D eigenvalue weighted by Crippen LogP contribution is -1.94. The summed E-state index contributed by atoms with van der Waals surface area (Å²) in [6.45, 7) is 2.99. The van der Waals surface area contributed by atoms with Crippen molar-refractivity contribution in [2.75, 3.05) is 5.88 Å². The highest BCUT2D eigenvalue weighted by Gasteiger charge is 2.04. The van der Waals surface area contributed by atoms with E-state index in [4.69, 9.17) is 11.6 Å². The fraction of sp³-hybridized carbons (Fsp3) is 0.500. The van der Waals surface area contributed by atoms with E-state index in [9.17, 15) is 8.78 Å². The SMILES string of the molecule is C=C(CCl)C(F)F. The Morgan fingerprint density at radius 1 is 1.71 bits per heavy atom. The molecule has 0 spiro atoms. The van der Waals surface area contributed by atoms with E-state index >= 15 is 0 Å². The van der Waals surface area contributed by atoms with Gasteiger partial charge in [0.1, 0.15) is 0 Å². The molecule has 0 bridgehead atoms. The van der Waals surface area contributed by atoms with Gasteiger partial charge in [0.2, 0.25) is 0 Å². The summed E-state index contributed by atoms with van der Waals surface area (Å²) in [6, 6.07) is 0. The molecule has 0 saturated carbocycles. The molecule has 0 radical (unpaired) electrons. The van der Waals surface area contributed by atoms with Gasteiger partial charge >= 0.3 is 0 Å². The minimum absolute atomic E-state index is 0.155. The highest BCUT2D eigenvalue weighted by Crippen LogP contribution is 2.05. The first kappa shape index (κ1) is 6.89. The number of hydrogen-bond donors (Lipinski definition) is 0. The van der Waals surface area contributed by atoms with Crippen LogP contribution >= 0.6 is 11.6 Å². The Kier molecular flexibility index (Phi) is 2.92. The van der Waals surface area contributed by atoms with Gasteiger partial charge in [-0.2, -0.15) is 0 Å². The molecule has 0 N–H and O–H groups in total. The first-order chi connectivity index (χ1) is 3.18. The molecule has 0 heterocycles. The Bertz CT molecular complexity index is 70.1. The van der Waals surface area contributed by atoms with Gasteiger partial charge in [-0.3, -0.25) is 0 Å². The third-order valence-corrected chi connectivity index (χ3v) is 0.824. The molecule has 42 valence electrons. The lowest BCUT2D eigenvalue weighted by Gasteiger charge is -1.93. The number of alkyl halides is 3. The van der Waals surface area contributed by atoms with E-state index in [-0.39, 0.29) is 11.5 Å². The van der Waals surface area contributed by atoms with Gasteiger partial charge in [0.25, 0.3) is 6.43 Å². The molecule has 3 heteroatoms. The Morgan fingerprint density at radius 2 is 2.14 bits per heavy atom. The normalized spacial score (nSPS) is 9.71. The quantitative estimate of drug-likeness (QED) is 0.392. The van der Waals surface area contributed by atoms with Crippen molar-refractivity contribution >= 4 is 11.6 Å². The van der Waals surface area contributed by atoms with Gasteiger partial charge in [-0.25, -0.2) is 8.78 Å². The topological polar surface area (TPSA) is 0 Å². The van der Waals surface area contributed by atoms with Crippen molar-refractivity contribution in [1.82, 2.24) is 0 Å². The average Bonchev–Trinajstić information content (AvgIpc) is 1.65. The van der Waals surface area contributed by atoms with E-state index in [2.05, 4.69) is 6.58 Å². The maximum Gasteiger partial charge on any atom is 0.260 e. The number of hydrogen-bond acceptors (Lipinski definition) is 0. The van der Waals surface area contributed by atoms with Crippen molar-refractivity contribution < 1.29 is 8.78 Å². The second-order valence-electron chi connectivity index (χ2n) is 1.09. The summed E-state index contributed by atoms with van der Waals surface area (Å²) in [4.78, 5) is 0. The molecule has 0 unspecified atom stereocenters. The van der Waals surface area contributed by atoms with Gasteiger partial charge in [0.15, 0.2) is 0 Å². The van der Waals surface area contributed by atoms with Crippen LogP contribution in [0.3, 0.4) is 0 Å². The van der Waals surface area contributed by atoms with Crippen molar-refractivity contribution in [2.45, 2.75) is 6.43 Å². The largest absolute Gasteiger partial charge is 0.260 e. The van der Waals surface area contributed by atoms with Crippen LogP contribution in [0.2, 0.25) is 0 Å². The third kappa shape index (κ3) is 2.57. The average molecular weight is 127 g/mol. The van der Waals surface area contributed by atoms with Crippen LogP contribution in [0.15, 0.2) is 12.2 Å². The zero-order valence-corrected chi connectivity index (χ0v) is 4.38. The van der Waals surface area contributed by atoms with Crippen molar-refractivity contribution in [3.05, 3.63) is 12.2 Å². The Hall–Kier alpha value is -0.110. The summed E-state index contributed by atoms with van der Waals surface area (Å²) in [5.41, 5.74) is -0.221. The minimum atomic E-state index is -2.46. The minimum Gasteiger partial charge on any atom is -0.205 e. The fourth-order valence-corrected chi connectivity index (χ4v) is 0.175. The Balaban J connectivity index is 3.35. The Labute approximate surface area is 45.8 Å². The third-order valence-electron chi connectivity index (χ3n) is 0.480. The predicted octanol–water partition coefficient (Wildman–Crippen LogP) is 2.05. The molecule has 0 atom stereocenters. The molecule has 0 nitrogen and oxygen atoms in total. The molecule has 0 fully saturated rings. The molecule has 0 aromatic carbocycles. The smallest absolute Gasteiger partial charge is 0.205 e. The summed E-state index contributed by atoms with van der Waals surface area (Å²) < 4.78 is 22.5. The molecule has 0 aliphatic heterocycles. The van der Waals surface area contributed by atoms with Gasteiger partial charge < -0.3 is 0 Å². The lowest BCUT2D eigenvalue weighted by atomic mass is 10.4. The molecule has 0 aromatic heterocycles. The molecule has 0 aromatic rings. The van der Waals surface area contributed by atoms with Crippen LogP contribution in [-0.2, 0) is 0 Å². The number of allylic oxidation sites excluding steroid dienone is 1. The van der Waals surface area contributed by atoms with Crippen molar-refractivity contribution in [3.63, 3.8) is 0 Å². The highest BCUT2D eigenvalue weighted by molar-refractivity contribution is 6.19. The van der Waals surface area contributed by atoms with Crippen LogP contribution in [0.5, 0.6) is 0 Å². The van der Waals surface area contributed by atoms with E-state index < -0.39 is 6.43 Å². The van der Waals surface area contributed by atoms with Crippen molar-refractivity contribution in [1.29, 1.82) is 0 Å². The van der Waals surface area contributed by atoms with E-state index in [1.165, 1.54) is 0 Å². The van der Waals surface area contributed by atoms with E-state index in [0.717, 1.165) is 0 Å². The van der Waals surface area contributed by atoms with Gasteiger partial charge in [0, 0.05) is 11.5 Å². The van der Waals surface area contributed by atoms with Crippen molar-refractivity contribution in [2.24, 2.45) is 0 Å². The van der Waals surface area contributed by atoms with Gasteiger partial charge in [-0.15, -0.1) is 11.6 Å². The molecular formula is C4H5ClF2. The van der Waals surface area contributed by atoms with Gasteiger partial charge in [0.05, 0.1) is 0 Å². The molecular weight excluding hydrogens is 121 g/mol. The van der Waals surface area contributed by atoms with E-state index in [1.807, 2.05) is 0 Å². The first-order valence-corrected chi connectivity index (χ1v) is 2.23. The molecule has 0 aliphatic rings. The summed E-state index contributed by atoms with van der Waals surface area (Å²) in [5.74, 6) is -0.155. The van der Waals surface area contributed by atoms with Crippen LogP contribution < -0.4 is 0 Å². The number of halogens is 3. The predicted molar refractivity (Wildman–Crippen MR) is 25.9 cm³/mol. The van der Waals surface area contributed by atoms with Crippen LogP contribution in [0.1, 0.15) is 0 Å². The highest BCUT2D eigenvalue weighted by atomic mass is 35.5. The molecule has 0 aliphatic carbocycles. The van der Waals surface area contributed by atoms with Crippen molar-refractivity contribution in [3.8, 4) is 0 Å². The second kappa shape index (κ2) is 2.97. The zero-order valence-electron chi connectivity index (χ0n) is 3.63. The van der Waals surface area contributed by atoms with Gasteiger partial charge in [-0.1, -0.05) is 6.58 Å². The van der Waals surface area contributed by atoms with Crippen LogP contribution in [0.4, 0.5) is 8.78 Å². The standard InChI is InChI=1S/C4H5ClF2/c1-3(2-5)4(6)7/h4H,1-2H2. The molecule has 0 rings (SSSR count). The first-order valence-electron chi connectivity index (χ1n) is 1.70. The molecule has 0 amide bonds. The van der Waals surface area contributed by atoms with Crippen LogP contribution in [0, 0.1) is 0 Å². The van der Waals surface area contributed by atoms with Gasteiger partial charge in [-0.05, 0) is 0 Å². The van der Waals surface area contributed by atoms with E-state index in [1.54, 1.807) is 0 Å². The lowest BCUT2D eigenvalue weighted by molar-refractivity contribution is 0.191. The molecule has 0 saturated heterocycles. The fourth-order valence-electron chi connectivity index (χ4n) is 0.0583. The molecule has 7 heavy (non-hydrogen) atoms. The van der Waals surface area contributed by atoms with Crippen LogP contribution in [-0.4, -0.2) is 12.3 Å². The summed E-state index contributed by atoms with van der Waals surface area (Å²) in [7, 11) is 0. The summed E-state index contributed by atoms with van der Waals surface area (Å²) >= 11 is 4.97. The van der Waals surface area contributed by atoms with E-state index in [0.29, 0.717) is 0 Å². The summed E-state index contributed by atoms with van der Waals surface area (Å²) in [6.07, 6.45) is -2.46. The summed E-state index contributed by atoms with van der Waals surface area (Å²) in [5, 5.41) is 0. The maximum absolute atomic E-state index is 11.2. The Morgan fingerprint density at radius 3 is 2.14 bits per heavy atom. The second-order valence-corrected chi connectivity index (χ2v) is 1.36. The monoisotopic (exact) mass is 126 g/mol. The maximum atomic E-state index is 11.2. The zero-order chi connectivity index (χ0) is 5.86. The number of rotatable bonds is 2.